The molecule has 1 rings (SSSR count). The Morgan fingerprint density at radius 3 is 2.93 bits per heavy atom. The van der Waals surface area contributed by atoms with Crippen LogP contribution in [0.2, 0.25) is 5.02 Å². The van der Waals surface area contributed by atoms with E-state index in [9.17, 15) is 4.79 Å². The molecule has 0 radical (unpaired) electrons. The van der Waals surface area contributed by atoms with Crippen molar-refractivity contribution in [3.63, 3.8) is 0 Å². The van der Waals surface area contributed by atoms with Gasteiger partial charge in [0.1, 0.15) is 0 Å². The molecule has 0 saturated heterocycles. The molecule has 0 aliphatic rings. The van der Waals surface area contributed by atoms with Crippen LogP contribution in [-0.2, 0) is 16.1 Å². The highest BCUT2D eigenvalue weighted by atomic mass is 35.5. The molecule has 78 valence electrons. The van der Waals surface area contributed by atoms with Gasteiger partial charge in [-0.3, -0.25) is 9.48 Å². The van der Waals surface area contributed by atoms with Crippen LogP contribution in [0, 0.1) is 6.92 Å². The molecular formula is C9H13ClN2O2. The van der Waals surface area contributed by atoms with Gasteiger partial charge in [-0.1, -0.05) is 11.6 Å². The smallest absolute Gasteiger partial charge is 0.307 e. The molecule has 0 unspecified atom stereocenters. The second-order valence-electron chi connectivity index (χ2n) is 2.88. The Hall–Kier alpha value is -1.03. The van der Waals surface area contributed by atoms with E-state index in [-0.39, 0.29) is 5.97 Å². The maximum absolute atomic E-state index is 11.0. The highest BCUT2D eigenvalue weighted by Crippen LogP contribution is 2.12. The summed E-state index contributed by atoms with van der Waals surface area (Å²) in [6.45, 7) is 4.53. The number of esters is 1. The van der Waals surface area contributed by atoms with E-state index >= 15 is 0 Å². The Labute approximate surface area is 87.8 Å². The molecule has 0 fully saturated rings. The molecule has 0 atom stereocenters. The third kappa shape index (κ3) is 3.03. The number of aryl methyl sites for hydroxylation is 2. The Morgan fingerprint density at radius 2 is 2.43 bits per heavy atom. The zero-order valence-electron chi connectivity index (χ0n) is 8.29. The van der Waals surface area contributed by atoms with Crippen molar-refractivity contribution in [3.8, 4) is 0 Å². The van der Waals surface area contributed by atoms with E-state index in [1.54, 1.807) is 17.8 Å². The largest absolute Gasteiger partial charge is 0.466 e. The lowest BCUT2D eigenvalue weighted by atomic mass is 10.4. The third-order valence-corrected chi connectivity index (χ3v) is 2.11. The molecule has 0 aromatic carbocycles. The monoisotopic (exact) mass is 216 g/mol. The van der Waals surface area contributed by atoms with E-state index in [0.29, 0.717) is 24.6 Å². The van der Waals surface area contributed by atoms with Crippen molar-refractivity contribution < 1.29 is 9.53 Å². The summed E-state index contributed by atoms with van der Waals surface area (Å²) >= 11 is 5.81. The number of hydrogen-bond donors (Lipinski definition) is 0. The van der Waals surface area contributed by atoms with E-state index in [1.165, 1.54) is 0 Å². The van der Waals surface area contributed by atoms with Gasteiger partial charge in [-0.15, -0.1) is 0 Å². The number of aromatic nitrogens is 2. The van der Waals surface area contributed by atoms with Crippen LogP contribution >= 0.6 is 11.6 Å². The highest BCUT2D eigenvalue weighted by molar-refractivity contribution is 6.31. The predicted molar refractivity (Wildman–Crippen MR) is 53.2 cm³/mol. The Bertz CT molecular complexity index is 303. The molecule has 0 aliphatic heterocycles. The highest BCUT2D eigenvalue weighted by Gasteiger charge is 2.05. The first kappa shape index (κ1) is 11.0. The second-order valence-corrected chi connectivity index (χ2v) is 3.29. The van der Waals surface area contributed by atoms with Crippen molar-refractivity contribution in [3.05, 3.63) is 16.9 Å². The zero-order chi connectivity index (χ0) is 10.6. The summed E-state index contributed by atoms with van der Waals surface area (Å²) in [5.41, 5.74) is 0.774. The standard InChI is InChI=1S/C9H13ClN2O2/c1-3-14-9(13)4-5-12-6-8(10)7(2)11-12/h6H,3-5H2,1-2H3. The van der Waals surface area contributed by atoms with Crippen molar-refractivity contribution in [2.24, 2.45) is 0 Å². The van der Waals surface area contributed by atoms with Crippen LogP contribution in [0.4, 0.5) is 0 Å². The van der Waals surface area contributed by atoms with Gasteiger partial charge >= 0.3 is 5.97 Å². The molecule has 0 spiro atoms. The summed E-state index contributed by atoms with van der Waals surface area (Å²) in [5, 5.41) is 4.74. The lowest BCUT2D eigenvalue weighted by molar-refractivity contribution is -0.143. The lowest BCUT2D eigenvalue weighted by Gasteiger charge is -2.01. The van der Waals surface area contributed by atoms with Gasteiger partial charge in [-0.05, 0) is 13.8 Å². The molecule has 0 bridgehead atoms. The van der Waals surface area contributed by atoms with Crippen LogP contribution in [0.15, 0.2) is 6.20 Å². The molecule has 0 N–H and O–H groups in total. The molecule has 0 amide bonds. The number of carbonyl (C=O) groups is 1. The summed E-state index contributed by atoms with van der Waals surface area (Å²) in [4.78, 5) is 11.0. The van der Waals surface area contributed by atoms with E-state index in [1.807, 2.05) is 6.92 Å². The molecule has 14 heavy (non-hydrogen) atoms. The first-order valence-electron chi connectivity index (χ1n) is 4.48. The van der Waals surface area contributed by atoms with E-state index in [4.69, 9.17) is 16.3 Å². The Morgan fingerprint density at radius 1 is 1.71 bits per heavy atom. The number of rotatable bonds is 4. The zero-order valence-corrected chi connectivity index (χ0v) is 9.04. The average Bonchev–Trinajstić information content (AvgIpc) is 2.44. The third-order valence-electron chi connectivity index (χ3n) is 1.74. The van der Waals surface area contributed by atoms with Crippen LogP contribution < -0.4 is 0 Å². The fourth-order valence-electron chi connectivity index (χ4n) is 1.05. The van der Waals surface area contributed by atoms with E-state index in [2.05, 4.69) is 5.10 Å². The first-order valence-corrected chi connectivity index (χ1v) is 4.86. The number of hydrogen-bond acceptors (Lipinski definition) is 3. The minimum atomic E-state index is -0.211. The van der Waals surface area contributed by atoms with Crippen LogP contribution in [0.25, 0.3) is 0 Å². The minimum Gasteiger partial charge on any atom is -0.466 e. The minimum absolute atomic E-state index is 0.211. The summed E-state index contributed by atoms with van der Waals surface area (Å²) < 4.78 is 6.44. The van der Waals surface area contributed by atoms with Gasteiger partial charge in [-0.25, -0.2) is 0 Å². The van der Waals surface area contributed by atoms with Crippen LogP contribution in [0.1, 0.15) is 19.0 Å². The molecular weight excluding hydrogens is 204 g/mol. The topological polar surface area (TPSA) is 44.1 Å². The number of carbonyl (C=O) groups excluding carboxylic acids is 1. The molecule has 0 aliphatic carbocycles. The van der Waals surface area contributed by atoms with Crippen LogP contribution in [-0.4, -0.2) is 22.4 Å². The molecule has 1 aromatic heterocycles. The second kappa shape index (κ2) is 5.00. The number of nitrogens with zero attached hydrogens (tertiary/aromatic N) is 2. The fraction of sp³-hybridized carbons (Fsp3) is 0.556. The number of halogens is 1. The molecule has 0 saturated carbocycles. The summed E-state index contributed by atoms with van der Waals surface area (Å²) in [5.74, 6) is -0.211. The van der Waals surface area contributed by atoms with Gasteiger partial charge in [0.2, 0.25) is 0 Å². The SMILES string of the molecule is CCOC(=O)CCn1cc(Cl)c(C)n1. The van der Waals surface area contributed by atoms with E-state index < -0.39 is 0 Å². The van der Waals surface area contributed by atoms with E-state index in [0.717, 1.165) is 5.69 Å². The first-order chi connectivity index (χ1) is 6.63. The normalized spacial score (nSPS) is 10.2. The number of ether oxygens (including phenoxy) is 1. The predicted octanol–water partition coefficient (Wildman–Crippen LogP) is 1.80. The molecule has 5 heteroatoms. The quantitative estimate of drug-likeness (QED) is 0.721. The van der Waals surface area contributed by atoms with Gasteiger partial charge in [-0.2, -0.15) is 5.10 Å². The van der Waals surface area contributed by atoms with Gasteiger partial charge in [0.15, 0.2) is 0 Å². The fourth-order valence-corrected chi connectivity index (χ4v) is 1.20. The molecule has 1 aromatic rings. The van der Waals surface area contributed by atoms with Gasteiger partial charge in [0.25, 0.3) is 0 Å². The maximum Gasteiger partial charge on any atom is 0.307 e. The van der Waals surface area contributed by atoms with Gasteiger partial charge < -0.3 is 4.74 Å². The maximum atomic E-state index is 11.0. The van der Waals surface area contributed by atoms with Crippen LogP contribution in [0.3, 0.4) is 0 Å². The lowest BCUT2D eigenvalue weighted by Crippen LogP contribution is -2.09. The molecule has 4 nitrogen and oxygen atoms in total. The van der Waals surface area contributed by atoms with Gasteiger partial charge in [0, 0.05) is 6.20 Å². The van der Waals surface area contributed by atoms with Crippen molar-refractivity contribution in [1.29, 1.82) is 0 Å². The van der Waals surface area contributed by atoms with Gasteiger partial charge in [0.05, 0.1) is 30.3 Å². The Balaban J connectivity index is 2.42. The summed E-state index contributed by atoms with van der Waals surface area (Å²) in [6, 6.07) is 0. The summed E-state index contributed by atoms with van der Waals surface area (Å²) in [7, 11) is 0. The molecule has 1 heterocycles. The van der Waals surface area contributed by atoms with Crippen molar-refractivity contribution in [2.45, 2.75) is 26.8 Å². The summed E-state index contributed by atoms with van der Waals surface area (Å²) in [6.07, 6.45) is 2.03. The van der Waals surface area contributed by atoms with Crippen molar-refractivity contribution in [1.82, 2.24) is 9.78 Å². The van der Waals surface area contributed by atoms with Crippen LogP contribution in [0.5, 0.6) is 0 Å². The van der Waals surface area contributed by atoms with Crippen molar-refractivity contribution in [2.75, 3.05) is 6.61 Å². The van der Waals surface area contributed by atoms with Crippen molar-refractivity contribution >= 4 is 17.6 Å². The Kier molecular flexibility index (Phi) is 3.95. The average molecular weight is 217 g/mol.